The SMILES string of the molecule is COc1ccc2cc([C@@H](C)C(=O)Nc3cc4c(cc3[N+](=O)[O-])OCO4)ccc2c1. The summed E-state index contributed by atoms with van der Waals surface area (Å²) in [5.41, 5.74) is 0.616. The molecule has 3 aromatic rings. The number of carbonyl (C=O) groups excluding carboxylic acids is 1. The predicted molar refractivity (Wildman–Crippen MR) is 107 cm³/mol. The van der Waals surface area contributed by atoms with Gasteiger partial charge < -0.3 is 19.5 Å². The lowest BCUT2D eigenvalue weighted by atomic mass is 9.97. The molecule has 4 rings (SSSR count). The molecule has 1 N–H and O–H groups in total. The number of ether oxygens (including phenoxy) is 3. The number of benzene rings is 3. The fraction of sp³-hybridized carbons (Fsp3) is 0.190. The monoisotopic (exact) mass is 394 g/mol. The van der Waals surface area contributed by atoms with E-state index in [1.54, 1.807) is 14.0 Å². The van der Waals surface area contributed by atoms with Crippen LogP contribution in [0.3, 0.4) is 0 Å². The van der Waals surface area contributed by atoms with E-state index in [1.165, 1.54) is 12.1 Å². The topological polar surface area (TPSA) is 99.9 Å². The quantitative estimate of drug-likeness (QED) is 0.514. The number of nitro benzene ring substituents is 1. The van der Waals surface area contributed by atoms with E-state index in [4.69, 9.17) is 14.2 Å². The highest BCUT2D eigenvalue weighted by Gasteiger charge is 2.26. The van der Waals surface area contributed by atoms with Crippen LogP contribution in [-0.2, 0) is 4.79 Å². The number of nitro groups is 1. The lowest BCUT2D eigenvalue weighted by Gasteiger charge is -2.14. The molecule has 3 aromatic carbocycles. The van der Waals surface area contributed by atoms with Crippen LogP contribution in [0.15, 0.2) is 48.5 Å². The molecule has 1 heterocycles. The molecule has 148 valence electrons. The van der Waals surface area contributed by atoms with Crippen molar-refractivity contribution in [3.8, 4) is 17.2 Å². The van der Waals surface area contributed by atoms with E-state index in [-0.39, 0.29) is 29.8 Å². The first-order chi connectivity index (χ1) is 14.0. The Morgan fingerprint density at radius 1 is 1.10 bits per heavy atom. The summed E-state index contributed by atoms with van der Waals surface area (Å²) in [6, 6.07) is 14.1. The minimum absolute atomic E-state index is 0.0117. The van der Waals surface area contributed by atoms with Crippen LogP contribution in [0.1, 0.15) is 18.4 Å². The maximum absolute atomic E-state index is 12.8. The summed E-state index contributed by atoms with van der Waals surface area (Å²) in [7, 11) is 1.61. The maximum atomic E-state index is 12.8. The van der Waals surface area contributed by atoms with E-state index in [0.717, 1.165) is 22.1 Å². The highest BCUT2D eigenvalue weighted by atomic mass is 16.7. The van der Waals surface area contributed by atoms with Crippen LogP contribution < -0.4 is 19.5 Å². The molecule has 8 nitrogen and oxygen atoms in total. The number of amides is 1. The van der Waals surface area contributed by atoms with Gasteiger partial charge in [0, 0.05) is 6.07 Å². The van der Waals surface area contributed by atoms with Crippen LogP contribution in [0.2, 0.25) is 0 Å². The number of carbonyl (C=O) groups is 1. The third-order valence-corrected chi connectivity index (χ3v) is 4.91. The lowest BCUT2D eigenvalue weighted by molar-refractivity contribution is -0.384. The van der Waals surface area contributed by atoms with Crippen molar-refractivity contribution in [3.05, 3.63) is 64.2 Å². The summed E-state index contributed by atoms with van der Waals surface area (Å²) in [5, 5.41) is 16.0. The summed E-state index contributed by atoms with van der Waals surface area (Å²) < 4.78 is 15.7. The van der Waals surface area contributed by atoms with E-state index in [0.29, 0.717) is 5.75 Å². The molecule has 29 heavy (non-hydrogen) atoms. The number of rotatable bonds is 5. The molecule has 0 radical (unpaired) electrons. The average molecular weight is 394 g/mol. The van der Waals surface area contributed by atoms with Gasteiger partial charge in [-0.25, -0.2) is 0 Å². The molecule has 1 aliphatic heterocycles. The molecule has 1 amide bonds. The van der Waals surface area contributed by atoms with Crippen LogP contribution >= 0.6 is 0 Å². The molecule has 1 aliphatic rings. The molecular weight excluding hydrogens is 376 g/mol. The minimum atomic E-state index is -0.564. The zero-order valence-electron chi connectivity index (χ0n) is 15.8. The second-order valence-electron chi connectivity index (χ2n) is 6.66. The van der Waals surface area contributed by atoms with Gasteiger partial charge in [0.1, 0.15) is 11.4 Å². The largest absolute Gasteiger partial charge is 0.497 e. The molecule has 0 unspecified atom stereocenters. The zero-order chi connectivity index (χ0) is 20.5. The highest BCUT2D eigenvalue weighted by molar-refractivity contribution is 5.98. The fourth-order valence-electron chi connectivity index (χ4n) is 3.21. The Labute approximate surface area is 166 Å². The number of nitrogens with zero attached hydrogens (tertiary/aromatic N) is 1. The molecule has 8 heteroatoms. The number of hydrogen-bond acceptors (Lipinski definition) is 6. The Hall–Kier alpha value is -3.81. The van der Waals surface area contributed by atoms with Crippen molar-refractivity contribution in [2.45, 2.75) is 12.8 Å². The second-order valence-corrected chi connectivity index (χ2v) is 6.66. The van der Waals surface area contributed by atoms with Crippen LogP contribution in [-0.4, -0.2) is 24.7 Å². The summed E-state index contributed by atoms with van der Waals surface area (Å²) in [6.07, 6.45) is 0. The number of hydrogen-bond donors (Lipinski definition) is 1. The zero-order valence-corrected chi connectivity index (χ0v) is 15.8. The van der Waals surface area contributed by atoms with E-state index >= 15 is 0 Å². The predicted octanol–water partition coefficient (Wildman–Crippen LogP) is 4.23. The molecule has 0 aliphatic carbocycles. The number of anilines is 1. The Morgan fingerprint density at radius 3 is 2.52 bits per heavy atom. The van der Waals surface area contributed by atoms with Crippen LogP contribution in [0, 0.1) is 10.1 Å². The smallest absolute Gasteiger partial charge is 0.296 e. The average Bonchev–Trinajstić information content (AvgIpc) is 3.19. The third kappa shape index (κ3) is 3.52. The summed E-state index contributed by atoms with van der Waals surface area (Å²) in [5.74, 6) is 0.517. The minimum Gasteiger partial charge on any atom is -0.497 e. The van der Waals surface area contributed by atoms with Crippen molar-refractivity contribution in [2.75, 3.05) is 19.2 Å². The highest BCUT2D eigenvalue weighted by Crippen LogP contribution is 2.41. The summed E-state index contributed by atoms with van der Waals surface area (Å²) >= 11 is 0. The van der Waals surface area contributed by atoms with Gasteiger partial charge in [-0.15, -0.1) is 0 Å². The number of fused-ring (bicyclic) bond motifs is 2. The number of methoxy groups -OCH3 is 1. The van der Waals surface area contributed by atoms with Crippen molar-refractivity contribution in [1.82, 2.24) is 0 Å². The van der Waals surface area contributed by atoms with Crippen molar-refractivity contribution in [2.24, 2.45) is 0 Å². The number of nitrogens with one attached hydrogen (secondary N) is 1. The van der Waals surface area contributed by atoms with E-state index < -0.39 is 10.8 Å². The van der Waals surface area contributed by atoms with Crippen molar-refractivity contribution in [1.29, 1.82) is 0 Å². The second kappa shape index (κ2) is 7.31. The Bertz CT molecular complexity index is 1130. The first-order valence-electron chi connectivity index (χ1n) is 8.93. The van der Waals surface area contributed by atoms with E-state index in [1.807, 2.05) is 36.4 Å². The van der Waals surface area contributed by atoms with E-state index in [9.17, 15) is 14.9 Å². The van der Waals surface area contributed by atoms with Crippen LogP contribution in [0.25, 0.3) is 10.8 Å². The van der Waals surface area contributed by atoms with Gasteiger partial charge in [0.05, 0.1) is 24.0 Å². The molecule has 0 saturated carbocycles. The van der Waals surface area contributed by atoms with Crippen LogP contribution in [0.4, 0.5) is 11.4 Å². The molecular formula is C21H18N2O6. The van der Waals surface area contributed by atoms with Gasteiger partial charge in [-0.2, -0.15) is 0 Å². The Morgan fingerprint density at radius 2 is 1.79 bits per heavy atom. The van der Waals surface area contributed by atoms with Crippen LogP contribution in [0.5, 0.6) is 17.2 Å². The molecule has 0 bridgehead atoms. The summed E-state index contributed by atoms with van der Waals surface area (Å²) in [4.78, 5) is 23.6. The van der Waals surface area contributed by atoms with Gasteiger partial charge in [-0.1, -0.05) is 24.3 Å². The normalized spacial score (nSPS) is 13.2. The molecule has 0 aromatic heterocycles. The molecule has 1 atom stereocenters. The van der Waals surface area contributed by atoms with Gasteiger partial charge in [-0.05, 0) is 35.4 Å². The first-order valence-corrected chi connectivity index (χ1v) is 8.93. The lowest BCUT2D eigenvalue weighted by Crippen LogP contribution is -2.19. The standard InChI is InChI=1S/C21H18N2O6/c1-12(13-3-4-15-8-16(27-2)6-5-14(15)7-13)21(24)22-17-9-19-20(29-11-28-19)10-18(17)23(25)26/h3-10,12H,11H2,1-2H3,(H,22,24)/t12-/m1/s1. The third-order valence-electron chi connectivity index (χ3n) is 4.91. The maximum Gasteiger partial charge on any atom is 0.296 e. The van der Waals surface area contributed by atoms with Gasteiger partial charge in [0.25, 0.3) is 5.69 Å². The van der Waals surface area contributed by atoms with Crippen molar-refractivity contribution >= 4 is 28.1 Å². The summed E-state index contributed by atoms with van der Waals surface area (Å²) in [6.45, 7) is 1.74. The Kier molecular flexibility index (Phi) is 4.67. The molecule has 0 spiro atoms. The van der Waals surface area contributed by atoms with E-state index in [2.05, 4.69) is 5.32 Å². The van der Waals surface area contributed by atoms with Gasteiger partial charge >= 0.3 is 0 Å². The van der Waals surface area contributed by atoms with Crippen molar-refractivity contribution in [3.63, 3.8) is 0 Å². The fourth-order valence-corrected chi connectivity index (χ4v) is 3.21. The van der Waals surface area contributed by atoms with Gasteiger partial charge in [0.2, 0.25) is 12.7 Å². The van der Waals surface area contributed by atoms with Gasteiger partial charge in [-0.3, -0.25) is 14.9 Å². The molecule has 0 fully saturated rings. The van der Waals surface area contributed by atoms with Gasteiger partial charge in [0.15, 0.2) is 11.5 Å². The molecule has 0 saturated heterocycles. The van der Waals surface area contributed by atoms with Crippen molar-refractivity contribution < 1.29 is 23.9 Å². The Balaban J connectivity index is 1.60. The first kappa shape index (κ1) is 18.5.